The van der Waals surface area contributed by atoms with E-state index in [0.29, 0.717) is 43.5 Å². The average molecular weight is 559 g/mol. The Hall–Kier alpha value is -3.52. The Morgan fingerprint density at radius 1 is 1.10 bits per heavy atom. The summed E-state index contributed by atoms with van der Waals surface area (Å²) in [7, 11) is -3.84. The summed E-state index contributed by atoms with van der Waals surface area (Å²) in [6, 6.07) is 14.2. The Balaban J connectivity index is 1.68. The van der Waals surface area contributed by atoms with Crippen LogP contribution in [0.1, 0.15) is 42.4 Å². The van der Waals surface area contributed by atoms with Gasteiger partial charge < -0.3 is 27.2 Å². The Bertz CT molecular complexity index is 1230. The number of nitrogens with two attached hydrogens (primary N) is 3. The van der Waals surface area contributed by atoms with Crippen LogP contribution in [0.4, 0.5) is 0 Å². The molecular formula is C26H38N8O4S. The first-order valence-electron chi connectivity index (χ1n) is 12.8. The van der Waals surface area contributed by atoms with Crippen molar-refractivity contribution in [1.29, 1.82) is 5.41 Å². The SMILES string of the molecule is N=C(N)c1ccc(CNC(O)[C@@H]2CCCN2C(=O)[C@@H](CCCN=C(N)N)NS(=O)(=O)Cc2ccccc2)cc1. The van der Waals surface area contributed by atoms with E-state index in [4.69, 9.17) is 22.6 Å². The highest BCUT2D eigenvalue weighted by atomic mass is 32.2. The summed E-state index contributed by atoms with van der Waals surface area (Å²) in [4.78, 5) is 19.1. The first-order valence-corrected chi connectivity index (χ1v) is 14.5. The summed E-state index contributed by atoms with van der Waals surface area (Å²) in [5, 5.41) is 21.5. The molecule has 1 aliphatic heterocycles. The Morgan fingerprint density at radius 3 is 2.44 bits per heavy atom. The lowest BCUT2D eigenvalue weighted by molar-refractivity contribution is -0.136. The number of carbonyl (C=O) groups excluding carboxylic acids is 1. The highest BCUT2D eigenvalue weighted by Gasteiger charge is 2.38. The minimum Gasteiger partial charge on any atom is -0.384 e. The van der Waals surface area contributed by atoms with Crippen LogP contribution in [0.3, 0.4) is 0 Å². The van der Waals surface area contributed by atoms with Crippen LogP contribution in [0.5, 0.6) is 0 Å². The van der Waals surface area contributed by atoms with Crippen LogP contribution >= 0.6 is 0 Å². The molecule has 12 nitrogen and oxygen atoms in total. The van der Waals surface area contributed by atoms with Gasteiger partial charge in [0.05, 0.1) is 11.8 Å². The van der Waals surface area contributed by atoms with Crippen molar-refractivity contribution >= 4 is 27.7 Å². The van der Waals surface area contributed by atoms with E-state index in [-0.39, 0.29) is 30.5 Å². The lowest BCUT2D eigenvalue weighted by Gasteiger charge is -2.32. The van der Waals surface area contributed by atoms with E-state index in [0.717, 1.165) is 5.56 Å². The van der Waals surface area contributed by atoms with Gasteiger partial charge in [0.15, 0.2) is 5.96 Å². The summed E-state index contributed by atoms with van der Waals surface area (Å²) in [6.45, 7) is 0.993. The first-order chi connectivity index (χ1) is 18.6. The number of hydrogen-bond acceptors (Lipinski definition) is 7. The second-order valence-corrected chi connectivity index (χ2v) is 11.3. The molecule has 1 heterocycles. The van der Waals surface area contributed by atoms with Crippen LogP contribution in [0, 0.1) is 5.41 Å². The van der Waals surface area contributed by atoms with E-state index >= 15 is 0 Å². The van der Waals surface area contributed by atoms with Crippen LogP contribution in [-0.2, 0) is 27.1 Å². The van der Waals surface area contributed by atoms with Gasteiger partial charge in [0, 0.05) is 25.2 Å². The molecule has 2 aromatic carbocycles. The van der Waals surface area contributed by atoms with Gasteiger partial charge in [-0.2, -0.15) is 0 Å². The first kappa shape index (κ1) is 30.0. The number of nitrogen functional groups attached to an aromatic ring is 1. The molecular weight excluding hydrogens is 520 g/mol. The number of nitrogens with zero attached hydrogens (tertiary/aromatic N) is 2. The maximum Gasteiger partial charge on any atom is 0.241 e. The Kier molecular flexibility index (Phi) is 10.8. The number of aliphatic hydroxyl groups excluding tert-OH is 1. The molecule has 0 aliphatic carbocycles. The van der Waals surface area contributed by atoms with Gasteiger partial charge >= 0.3 is 0 Å². The van der Waals surface area contributed by atoms with Crippen molar-refractivity contribution in [2.24, 2.45) is 22.2 Å². The lowest BCUT2D eigenvalue weighted by Crippen LogP contribution is -2.55. The quantitative estimate of drug-likeness (QED) is 0.0718. The van der Waals surface area contributed by atoms with Gasteiger partial charge in [-0.1, -0.05) is 54.6 Å². The van der Waals surface area contributed by atoms with Crippen LogP contribution in [0.15, 0.2) is 59.6 Å². The van der Waals surface area contributed by atoms with E-state index in [2.05, 4.69) is 15.0 Å². The normalized spacial score (nSPS) is 16.9. The molecule has 0 saturated carbocycles. The Morgan fingerprint density at radius 2 is 1.79 bits per heavy atom. The third-order valence-electron chi connectivity index (χ3n) is 6.49. The molecule has 1 unspecified atom stereocenters. The molecule has 10 N–H and O–H groups in total. The molecule has 212 valence electrons. The fraction of sp³-hybridized carbons (Fsp3) is 0.423. The van der Waals surface area contributed by atoms with Gasteiger partial charge in [0.2, 0.25) is 15.9 Å². The second-order valence-electron chi connectivity index (χ2n) is 9.54. The van der Waals surface area contributed by atoms with Crippen molar-refractivity contribution in [2.45, 2.75) is 56.3 Å². The maximum absolute atomic E-state index is 13.6. The fourth-order valence-corrected chi connectivity index (χ4v) is 5.91. The number of likely N-dealkylation sites (tertiary alicyclic amines) is 1. The summed E-state index contributed by atoms with van der Waals surface area (Å²) in [5.74, 6) is -0.763. The fourth-order valence-electron chi connectivity index (χ4n) is 4.54. The standard InChI is InChI=1S/C26H38N8O4S/c27-23(28)20-12-10-18(11-13-20)16-32-24(35)22-9-5-15-34(22)25(36)21(8-4-14-31-26(29)30)33-39(37,38)17-19-6-2-1-3-7-19/h1-3,6-7,10-13,21-22,24,32-33,35H,4-5,8-9,14-17H2,(H3,27,28)(H4,29,30,31)/t21-,22+,24?/m1/s1. The van der Waals surface area contributed by atoms with Crippen molar-refractivity contribution in [2.75, 3.05) is 13.1 Å². The number of sulfonamides is 1. The van der Waals surface area contributed by atoms with Gasteiger partial charge in [0.1, 0.15) is 18.1 Å². The van der Waals surface area contributed by atoms with Gasteiger partial charge in [-0.15, -0.1) is 0 Å². The summed E-state index contributed by atoms with van der Waals surface area (Å²) in [6.07, 6.45) is 0.809. The molecule has 2 aromatic rings. The molecule has 0 radical (unpaired) electrons. The van der Waals surface area contributed by atoms with Crippen molar-refractivity contribution in [3.05, 3.63) is 71.3 Å². The minimum absolute atomic E-state index is 0.0260. The summed E-state index contributed by atoms with van der Waals surface area (Å²) >= 11 is 0. The van der Waals surface area contributed by atoms with E-state index < -0.39 is 34.2 Å². The summed E-state index contributed by atoms with van der Waals surface area (Å²) < 4.78 is 28.5. The molecule has 0 bridgehead atoms. The molecule has 3 rings (SSSR count). The van der Waals surface area contributed by atoms with Crippen molar-refractivity contribution in [3.8, 4) is 0 Å². The molecule has 0 spiro atoms. The van der Waals surface area contributed by atoms with E-state index in [1.165, 1.54) is 0 Å². The molecule has 1 saturated heterocycles. The highest BCUT2D eigenvalue weighted by Crippen LogP contribution is 2.22. The predicted octanol–water partition coefficient (Wildman–Crippen LogP) is -0.0885. The molecule has 39 heavy (non-hydrogen) atoms. The molecule has 1 amide bonds. The third kappa shape index (κ3) is 9.32. The number of carbonyl (C=O) groups is 1. The zero-order chi connectivity index (χ0) is 28.4. The zero-order valence-electron chi connectivity index (χ0n) is 21.8. The highest BCUT2D eigenvalue weighted by molar-refractivity contribution is 7.88. The molecule has 1 fully saturated rings. The number of amides is 1. The topological polar surface area (TPSA) is 213 Å². The lowest BCUT2D eigenvalue weighted by atomic mass is 10.1. The van der Waals surface area contributed by atoms with E-state index in [1.54, 1.807) is 47.4 Å². The Labute approximate surface area is 229 Å². The number of aliphatic hydroxyl groups is 1. The minimum atomic E-state index is -3.84. The zero-order valence-corrected chi connectivity index (χ0v) is 22.6. The van der Waals surface area contributed by atoms with Crippen LogP contribution in [0.25, 0.3) is 0 Å². The van der Waals surface area contributed by atoms with Gasteiger partial charge in [-0.3, -0.25) is 20.5 Å². The van der Waals surface area contributed by atoms with Gasteiger partial charge in [-0.25, -0.2) is 13.1 Å². The monoisotopic (exact) mass is 558 g/mol. The number of rotatable bonds is 14. The van der Waals surface area contributed by atoms with E-state index in [1.807, 2.05) is 12.1 Å². The molecule has 13 heteroatoms. The van der Waals surface area contributed by atoms with Gasteiger partial charge in [0.25, 0.3) is 0 Å². The molecule has 1 aliphatic rings. The number of guanidine groups is 1. The number of benzene rings is 2. The largest absolute Gasteiger partial charge is 0.384 e. The van der Waals surface area contributed by atoms with E-state index in [9.17, 15) is 18.3 Å². The van der Waals surface area contributed by atoms with Crippen molar-refractivity contribution in [3.63, 3.8) is 0 Å². The molecule has 3 atom stereocenters. The average Bonchev–Trinajstić information content (AvgIpc) is 3.39. The number of nitrogens with one attached hydrogen (secondary N) is 3. The van der Waals surface area contributed by atoms with Crippen LogP contribution in [0.2, 0.25) is 0 Å². The number of amidine groups is 1. The number of hydrogen-bond donors (Lipinski definition) is 7. The molecule has 0 aromatic heterocycles. The smallest absolute Gasteiger partial charge is 0.241 e. The second kappa shape index (κ2) is 14.0. The number of aliphatic imine (C=N–C) groups is 1. The van der Waals surface area contributed by atoms with Crippen LogP contribution in [-0.4, -0.2) is 67.5 Å². The predicted molar refractivity (Wildman–Crippen MR) is 151 cm³/mol. The maximum atomic E-state index is 13.6. The van der Waals surface area contributed by atoms with Crippen molar-refractivity contribution in [1.82, 2.24) is 14.9 Å². The summed E-state index contributed by atoms with van der Waals surface area (Å²) in [5.41, 5.74) is 18.4. The third-order valence-corrected chi connectivity index (χ3v) is 7.85. The van der Waals surface area contributed by atoms with Gasteiger partial charge in [-0.05, 0) is 36.8 Å². The van der Waals surface area contributed by atoms with Crippen LogP contribution < -0.4 is 27.2 Å². The van der Waals surface area contributed by atoms with Crippen molar-refractivity contribution < 1.29 is 18.3 Å².